The van der Waals surface area contributed by atoms with E-state index in [0.717, 1.165) is 22.1 Å². The fourth-order valence-corrected chi connectivity index (χ4v) is 3.84. The molecule has 2 atom stereocenters. The summed E-state index contributed by atoms with van der Waals surface area (Å²) in [5, 5.41) is 3.08. The number of hydrogen-bond acceptors (Lipinski definition) is 1. The number of carbonyl (C=O) groups is 1. The summed E-state index contributed by atoms with van der Waals surface area (Å²) < 4.78 is 1.01. The van der Waals surface area contributed by atoms with Crippen LogP contribution in [0.2, 0.25) is 0 Å². The van der Waals surface area contributed by atoms with Crippen LogP contribution in [0.4, 0.5) is 0 Å². The van der Waals surface area contributed by atoms with E-state index in [1.54, 1.807) is 0 Å². The van der Waals surface area contributed by atoms with E-state index in [1.807, 2.05) is 25.1 Å². The fourth-order valence-electron chi connectivity index (χ4n) is 2.59. The predicted octanol–water partition coefficient (Wildman–Crippen LogP) is 4.44. The van der Waals surface area contributed by atoms with Crippen LogP contribution in [-0.4, -0.2) is 17.3 Å². The van der Waals surface area contributed by atoms with Crippen molar-refractivity contribution in [1.82, 2.24) is 5.32 Å². The molecule has 0 saturated heterocycles. The predicted molar refractivity (Wildman–Crippen MR) is 85.9 cm³/mol. The minimum Gasteiger partial charge on any atom is -0.352 e. The van der Waals surface area contributed by atoms with Gasteiger partial charge in [0.2, 0.25) is 0 Å². The van der Waals surface area contributed by atoms with Gasteiger partial charge in [0.25, 0.3) is 5.91 Å². The molecule has 0 spiro atoms. The third kappa shape index (κ3) is 4.06. The first-order chi connectivity index (χ1) is 9.08. The first-order valence-corrected chi connectivity index (χ1v) is 8.47. The lowest BCUT2D eigenvalue weighted by Gasteiger charge is -2.27. The van der Waals surface area contributed by atoms with Crippen LogP contribution in [-0.2, 0) is 0 Å². The Bertz CT molecular complexity index is 461. The molecule has 1 fully saturated rings. The van der Waals surface area contributed by atoms with Gasteiger partial charge in [-0.05, 0) is 49.4 Å². The molecule has 1 aromatic carbocycles. The summed E-state index contributed by atoms with van der Waals surface area (Å²) in [5.74, 6) is 0.601. The first-order valence-electron chi connectivity index (χ1n) is 6.76. The zero-order chi connectivity index (χ0) is 13.8. The molecular formula is C15H19Br2NO. The standard InChI is InChI=1S/C15H19Br2NO/c1-10-8-12(16)6-7-13(10)15(19)18-9-11-4-2-3-5-14(11)17/h6-8,11,14H,2-5,9H2,1H3,(H,18,19). The van der Waals surface area contributed by atoms with Crippen LogP contribution >= 0.6 is 31.9 Å². The average molecular weight is 389 g/mol. The Kier molecular flexibility index (Phi) is 5.46. The number of amides is 1. The van der Waals surface area contributed by atoms with Gasteiger partial charge in [-0.15, -0.1) is 0 Å². The first kappa shape index (κ1) is 15.0. The number of hydrogen-bond donors (Lipinski definition) is 1. The van der Waals surface area contributed by atoms with Gasteiger partial charge in [0.1, 0.15) is 0 Å². The van der Waals surface area contributed by atoms with Crippen molar-refractivity contribution in [2.45, 2.75) is 37.4 Å². The Balaban J connectivity index is 1.93. The van der Waals surface area contributed by atoms with Gasteiger partial charge in [-0.25, -0.2) is 0 Å². The summed E-state index contributed by atoms with van der Waals surface area (Å²) in [6, 6.07) is 5.76. The maximum absolute atomic E-state index is 12.2. The Morgan fingerprint density at radius 2 is 2.11 bits per heavy atom. The minimum absolute atomic E-state index is 0.0373. The van der Waals surface area contributed by atoms with Crippen molar-refractivity contribution in [3.8, 4) is 0 Å². The Morgan fingerprint density at radius 3 is 2.79 bits per heavy atom. The average Bonchev–Trinajstić information content (AvgIpc) is 2.37. The lowest BCUT2D eigenvalue weighted by molar-refractivity contribution is 0.0944. The van der Waals surface area contributed by atoms with Crippen LogP contribution in [0.5, 0.6) is 0 Å². The van der Waals surface area contributed by atoms with Crippen LogP contribution in [0.15, 0.2) is 22.7 Å². The van der Waals surface area contributed by atoms with Gasteiger partial charge in [-0.1, -0.05) is 44.7 Å². The van der Waals surface area contributed by atoms with E-state index in [9.17, 15) is 4.79 Å². The second-order valence-corrected chi connectivity index (χ2v) is 7.32. The van der Waals surface area contributed by atoms with E-state index < -0.39 is 0 Å². The number of carbonyl (C=O) groups excluding carboxylic acids is 1. The van der Waals surface area contributed by atoms with Crippen molar-refractivity contribution in [3.05, 3.63) is 33.8 Å². The molecule has 19 heavy (non-hydrogen) atoms. The van der Waals surface area contributed by atoms with Gasteiger partial charge in [-0.2, -0.15) is 0 Å². The van der Waals surface area contributed by atoms with Gasteiger partial charge in [-0.3, -0.25) is 4.79 Å². The molecule has 1 aliphatic rings. The summed E-state index contributed by atoms with van der Waals surface area (Å²) in [4.78, 5) is 12.7. The molecule has 1 N–H and O–H groups in total. The van der Waals surface area contributed by atoms with E-state index >= 15 is 0 Å². The summed E-state index contributed by atoms with van der Waals surface area (Å²) in [6.07, 6.45) is 5.00. The smallest absolute Gasteiger partial charge is 0.251 e. The molecule has 4 heteroatoms. The van der Waals surface area contributed by atoms with E-state index in [-0.39, 0.29) is 5.91 Å². The highest BCUT2D eigenvalue weighted by molar-refractivity contribution is 9.10. The van der Waals surface area contributed by atoms with Crippen LogP contribution in [0, 0.1) is 12.8 Å². The van der Waals surface area contributed by atoms with Gasteiger partial charge in [0, 0.05) is 21.4 Å². The summed E-state index contributed by atoms with van der Waals surface area (Å²) in [5.41, 5.74) is 1.77. The SMILES string of the molecule is Cc1cc(Br)ccc1C(=O)NCC1CCCCC1Br. The topological polar surface area (TPSA) is 29.1 Å². The molecule has 0 heterocycles. The summed E-state index contributed by atoms with van der Waals surface area (Å²) in [6.45, 7) is 2.73. The summed E-state index contributed by atoms with van der Waals surface area (Å²) in [7, 11) is 0. The second-order valence-electron chi connectivity index (χ2n) is 5.23. The highest BCUT2D eigenvalue weighted by Crippen LogP contribution is 2.29. The molecule has 104 valence electrons. The van der Waals surface area contributed by atoms with E-state index in [0.29, 0.717) is 10.7 Å². The van der Waals surface area contributed by atoms with Crippen LogP contribution in [0.25, 0.3) is 0 Å². The quantitative estimate of drug-likeness (QED) is 0.762. The molecular weight excluding hydrogens is 370 g/mol. The van der Waals surface area contributed by atoms with E-state index in [2.05, 4.69) is 37.2 Å². The van der Waals surface area contributed by atoms with Gasteiger partial charge in [0.05, 0.1) is 0 Å². The zero-order valence-electron chi connectivity index (χ0n) is 11.1. The fraction of sp³-hybridized carbons (Fsp3) is 0.533. The second kappa shape index (κ2) is 6.89. The monoisotopic (exact) mass is 387 g/mol. The third-order valence-corrected chi connectivity index (χ3v) is 5.47. The molecule has 0 aliphatic heterocycles. The van der Waals surface area contributed by atoms with Crippen molar-refractivity contribution in [2.75, 3.05) is 6.54 Å². The lowest BCUT2D eigenvalue weighted by Crippen LogP contribution is -2.34. The number of aryl methyl sites for hydroxylation is 1. The Morgan fingerprint density at radius 1 is 1.37 bits per heavy atom. The molecule has 1 aromatic rings. The normalized spacial score (nSPS) is 23.1. The van der Waals surface area contributed by atoms with Gasteiger partial charge < -0.3 is 5.32 Å². The number of benzene rings is 1. The maximum atomic E-state index is 12.2. The Hall–Kier alpha value is -0.350. The summed E-state index contributed by atoms with van der Waals surface area (Å²) >= 11 is 7.14. The molecule has 2 rings (SSSR count). The van der Waals surface area contributed by atoms with Crippen molar-refractivity contribution in [3.63, 3.8) is 0 Å². The molecule has 2 unspecified atom stereocenters. The van der Waals surface area contributed by atoms with E-state index in [4.69, 9.17) is 0 Å². The molecule has 0 bridgehead atoms. The molecule has 2 nitrogen and oxygen atoms in total. The molecule has 1 saturated carbocycles. The Labute approximate surface area is 131 Å². The van der Waals surface area contributed by atoms with Crippen LogP contribution in [0.3, 0.4) is 0 Å². The minimum atomic E-state index is 0.0373. The number of nitrogens with one attached hydrogen (secondary N) is 1. The third-order valence-electron chi connectivity index (χ3n) is 3.77. The van der Waals surface area contributed by atoms with Gasteiger partial charge >= 0.3 is 0 Å². The lowest BCUT2D eigenvalue weighted by atomic mass is 9.89. The number of rotatable bonds is 3. The van der Waals surface area contributed by atoms with Crippen molar-refractivity contribution in [1.29, 1.82) is 0 Å². The van der Waals surface area contributed by atoms with Crippen LogP contribution in [0.1, 0.15) is 41.6 Å². The molecule has 0 radical (unpaired) electrons. The molecule has 1 amide bonds. The molecule has 1 aliphatic carbocycles. The maximum Gasteiger partial charge on any atom is 0.251 e. The van der Waals surface area contributed by atoms with Crippen molar-refractivity contribution >= 4 is 37.8 Å². The largest absolute Gasteiger partial charge is 0.352 e. The molecule has 0 aromatic heterocycles. The van der Waals surface area contributed by atoms with Crippen molar-refractivity contribution in [2.24, 2.45) is 5.92 Å². The highest BCUT2D eigenvalue weighted by atomic mass is 79.9. The van der Waals surface area contributed by atoms with E-state index in [1.165, 1.54) is 25.7 Å². The van der Waals surface area contributed by atoms with Crippen LogP contribution < -0.4 is 5.32 Å². The number of alkyl halides is 1. The van der Waals surface area contributed by atoms with Crippen molar-refractivity contribution < 1.29 is 4.79 Å². The van der Waals surface area contributed by atoms with Gasteiger partial charge in [0.15, 0.2) is 0 Å². The number of halogens is 2. The zero-order valence-corrected chi connectivity index (χ0v) is 14.3. The highest BCUT2D eigenvalue weighted by Gasteiger charge is 2.23.